The molecule has 29 heavy (non-hydrogen) atoms. The molecule has 3 aromatic rings. The van der Waals surface area contributed by atoms with Crippen LogP contribution in [0.15, 0.2) is 48.8 Å². The Labute approximate surface area is 165 Å². The van der Waals surface area contributed by atoms with E-state index in [9.17, 15) is 9.59 Å². The summed E-state index contributed by atoms with van der Waals surface area (Å²) >= 11 is 0. The fourth-order valence-corrected chi connectivity index (χ4v) is 3.24. The molecule has 146 valence electrons. The van der Waals surface area contributed by atoms with Crippen LogP contribution in [0.2, 0.25) is 0 Å². The third-order valence-electron chi connectivity index (χ3n) is 4.91. The number of rotatable bonds is 4. The van der Waals surface area contributed by atoms with Gasteiger partial charge in [-0.05, 0) is 52.9 Å². The first kappa shape index (κ1) is 17.2. The topological polar surface area (TPSA) is 111 Å². The van der Waals surface area contributed by atoms with Crippen molar-refractivity contribution < 1.29 is 19.1 Å². The highest BCUT2D eigenvalue weighted by Gasteiger charge is 2.36. The second kappa shape index (κ2) is 6.89. The molecule has 0 saturated carbocycles. The Morgan fingerprint density at radius 3 is 2.59 bits per heavy atom. The van der Waals surface area contributed by atoms with E-state index in [1.807, 2.05) is 12.1 Å². The Morgan fingerprint density at radius 2 is 1.83 bits per heavy atom. The first-order chi connectivity index (χ1) is 14.2. The molecule has 10 heteroatoms. The number of tetrazole rings is 1. The van der Waals surface area contributed by atoms with Crippen LogP contribution in [-0.2, 0) is 4.79 Å². The lowest BCUT2D eigenvalue weighted by Crippen LogP contribution is -2.54. The molecule has 0 bridgehead atoms. The lowest BCUT2D eigenvalue weighted by molar-refractivity contribution is -0.123. The van der Waals surface area contributed by atoms with Gasteiger partial charge in [0.15, 0.2) is 11.5 Å². The van der Waals surface area contributed by atoms with E-state index >= 15 is 0 Å². The Bertz CT molecular complexity index is 1060. The molecule has 2 amide bonds. The average Bonchev–Trinajstić information content (AvgIpc) is 3.38. The second-order valence-corrected chi connectivity index (χ2v) is 6.77. The second-order valence-electron chi connectivity index (χ2n) is 6.77. The SMILES string of the molecule is O=C(Nc1ccc(-n2cnnn2)cc1)C1CN(C(=O)c2ccc3c(c2)OCO3)C1. The summed E-state index contributed by atoms with van der Waals surface area (Å²) in [5, 5.41) is 13.9. The molecule has 0 atom stereocenters. The molecular weight excluding hydrogens is 376 g/mol. The van der Waals surface area contributed by atoms with Crippen LogP contribution >= 0.6 is 0 Å². The van der Waals surface area contributed by atoms with Gasteiger partial charge in [-0.15, -0.1) is 5.10 Å². The zero-order valence-electron chi connectivity index (χ0n) is 15.2. The lowest BCUT2D eigenvalue weighted by Gasteiger charge is -2.38. The fourth-order valence-electron chi connectivity index (χ4n) is 3.24. The summed E-state index contributed by atoms with van der Waals surface area (Å²) in [6.45, 7) is 0.916. The van der Waals surface area contributed by atoms with E-state index in [1.165, 1.54) is 11.0 Å². The van der Waals surface area contributed by atoms with Gasteiger partial charge in [-0.25, -0.2) is 4.68 Å². The number of ether oxygens (including phenoxy) is 2. The molecule has 0 aliphatic carbocycles. The minimum Gasteiger partial charge on any atom is -0.454 e. The smallest absolute Gasteiger partial charge is 0.254 e. The summed E-state index contributed by atoms with van der Waals surface area (Å²) < 4.78 is 12.1. The highest BCUT2D eigenvalue weighted by molar-refractivity contribution is 5.99. The fraction of sp³-hybridized carbons (Fsp3) is 0.211. The number of fused-ring (bicyclic) bond motifs is 1. The number of carbonyl (C=O) groups is 2. The number of carbonyl (C=O) groups excluding carboxylic acids is 2. The zero-order valence-corrected chi connectivity index (χ0v) is 15.2. The minimum atomic E-state index is -0.243. The highest BCUT2D eigenvalue weighted by atomic mass is 16.7. The van der Waals surface area contributed by atoms with Gasteiger partial charge in [-0.3, -0.25) is 9.59 Å². The van der Waals surface area contributed by atoms with E-state index in [2.05, 4.69) is 20.8 Å². The van der Waals surface area contributed by atoms with E-state index in [0.29, 0.717) is 35.8 Å². The lowest BCUT2D eigenvalue weighted by atomic mass is 9.97. The molecule has 1 saturated heterocycles. The summed E-state index contributed by atoms with van der Waals surface area (Å²) in [5.41, 5.74) is 1.98. The molecule has 1 N–H and O–H groups in total. The summed E-state index contributed by atoms with van der Waals surface area (Å²) in [5.74, 6) is 0.713. The molecular formula is C19H16N6O4. The number of benzene rings is 2. The standard InChI is InChI=1S/C19H16N6O4/c26-18(21-14-2-4-15(5-3-14)25-10-20-22-23-25)13-8-24(9-13)19(27)12-1-6-16-17(7-12)29-11-28-16/h1-7,10,13H,8-9,11H2,(H,21,26). The van der Waals surface area contributed by atoms with E-state index in [0.717, 1.165) is 5.69 Å². The molecule has 0 spiro atoms. The predicted octanol–water partition coefficient (Wildman–Crippen LogP) is 1.10. The van der Waals surface area contributed by atoms with Gasteiger partial charge in [0, 0.05) is 24.3 Å². The molecule has 1 fully saturated rings. The van der Waals surface area contributed by atoms with Crippen molar-refractivity contribution in [1.82, 2.24) is 25.1 Å². The van der Waals surface area contributed by atoms with Crippen LogP contribution in [0.25, 0.3) is 5.69 Å². The Kier molecular flexibility index (Phi) is 4.08. The zero-order chi connectivity index (χ0) is 19.8. The van der Waals surface area contributed by atoms with Crippen LogP contribution in [-0.4, -0.2) is 56.8 Å². The van der Waals surface area contributed by atoms with Crippen molar-refractivity contribution in [2.75, 3.05) is 25.2 Å². The highest BCUT2D eigenvalue weighted by Crippen LogP contribution is 2.33. The van der Waals surface area contributed by atoms with Crippen molar-refractivity contribution in [1.29, 1.82) is 0 Å². The van der Waals surface area contributed by atoms with Gasteiger partial charge >= 0.3 is 0 Å². The van der Waals surface area contributed by atoms with Crippen molar-refractivity contribution in [3.8, 4) is 17.2 Å². The van der Waals surface area contributed by atoms with Crippen LogP contribution < -0.4 is 14.8 Å². The number of amides is 2. The van der Waals surface area contributed by atoms with E-state index in [4.69, 9.17) is 9.47 Å². The summed E-state index contributed by atoms with van der Waals surface area (Å²) in [4.78, 5) is 26.7. The maximum absolute atomic E-state index is 12.6. The van der Waals surface area contributed by atoms with Crippen molar-refractivity contribution in [2.24, 2.45) is 5.92 Å². The molecule has 2 aromatic carbocycles. The Morgan fingerprint density at radius 1 is 1.03 bits per heavy atom. The number of likely N-dealkylation sites (tertiary alicyclic amines) is 1. The van der Waals surface area contributed by atoms with Crippen LogP contribution in [0.1, 0.15) is 10.4 Å². The van der Waals surface area contributed by atoms with Gasteiger partial charge < -0.3 is 19.7 Å². The van der Waals surface area contributed by atoms with Gasteiger partial charge in [-0.2, -0.15) is 0 Å². The van der Waals surface area contributed by atoms with Gasteiger partial charge in [0.05, 0.1) is 11.6 Å². The van der Waals surface area contributed by atoms with Crippen molar-refractivity contribution in [2.45, 2.75) is 0 Å². The molecule has 3 heterocycles. The predicted molar refractivity (Wildman–Crippen MR) is 99.7 cm³/mol. The van der Waals surface area contributed by atoms with Crippen molar-refractivity contribution >= 4 is 17.5 Å². The normalized spacial score (nSPS) is 15.1. The number of aromatic nitrogens is 4. The van der Waals surface area contributed by atoms with Gasteiger partial charge in [0.1, 0.15) is 6.33 Å². The third-order valence-corrected chi connectivity index (χ3v) is 4.91. The van der Waals surface area contributed by atoms with Crippen molar-refractivity contribution in [3.63, 3.8) is 0 Å². The molecule has 5 rings (SSSR count). The molecule has 1 aromatic heterocycles. The number of nitrogens with one attached hydrogen (secondary N) is 1. The number of anilines is 1. The number of nitrogens with zero attached hydrogens (tertiary/aromatic N) is 5. The summed E-state index contributed by atoms with van der Waals surface area (Å²) in [7, 11) is 0. The first-order valence-corrected chi connectivity index (χ1v) is 9.00. The monoisotopic (exact) mass is 392 g/mol. The molecule has 2 aliphatic rings. The van der Waals surface area contributed by atoms with E-state index in [1.54, 1.807) is 35.2 Å². The first-order valence-electron chi connectivity index (χ1n) is 9.00. The maximum Gasteiger partial charge on any atom is 0.254 e. The van der Waals surface area contributed by atoms with Crippen LogP contribution in [0.3, 0.4) is 0 Å². The summed E-state index contributed by atoms with van der Waals surface area (Å²) in [6, 6.07) is 12.3. The third kappa shape index (κ3) is 3.24. The molecule has 2 aliphatic heterocycles. The maximum atomic E-state index is 12.6. The van der Waals surface area contributed by atoms with Crippen LogP contribution in [0, 0.1) is 5.92 Å². The Hall–Kier alpha value is -3.95. The van der Waals surface area contributed by atoms with Gasteiger partial charge in [0.25, 0.3) is 5.91 Å². The number of hydrogen-bond acceptors (Lipinski definition) is 7. The Balaban J connectivity index is 1.16. The van der Waals surface area contributed by atoms with Crippen LogP contribution in [0.5, 0.6) is 11.5 Å². The largest absolute Gasteiger partial charge is 0.454 e. The quantitative estimate of drug-likeness (QED) is 0.708. The van der Waals surface area contributed by atoms with Crippen molar-refractivity contribution in [3.05, 3.63) is 54.4 Å². The minimum absolute atomic E-state index is 0.116. The van der Waals surface area contributed by atoms with Gasteiger partial charge in [-0.1, -0.05) is 0 Å². The number of hydrogen-bond donors (Lipinski definition) is 1. The molecule has 0 unspecified atom stereocenters. The van der Waals surface area contributed by atoms with Gasteiger partial charge in [0.2, 0.25) is 12.7 Å². The summed E-state index contributed by atoms with van der Waals surface area (Å²) in [6.07, 6.45) is 1.49. The van der Waals surface area contributed by atoms with E-state index in [-0.39, 0.29) is 24.5 Å². The molecule has 0 radical (unpaired) electrons. The molecule has 10 nitrogen and oxygen atoms in total. The van der Waals surface area contributed by atoms with E-state index < -0.39 is 0 Å². The van der Waals surface area contributed by atoms with Crippen LogP contribution in [0.4, 0.5) is 5.69 Å². The average molecular weight is 392 g/mol.